The van der Waals surface area contributed by atoms with Gasteiger partial charge in [-0.25, -0.2) is 9.97 Å². The normalized spacial score (nSPS) is 12.2. The Labute approximate surface area is 106 Å². The fourth-order valence-corrected chi connectivity index (χ4v) is 1.65. The van der Waals surface area contributed by atoms with Gasteiger partial charge >= 0.3 is 0 Å². The monoisotopic (exact) mass is 257 g/mol. The Kier molecular flexibility index (Phi) is 6.07. The van der Waals surface area contributed by atoms with E-state index in [1.165, 1.54) is 6.33 Å². The lowest BCUT2D eigenvalue weighted by atomic mass is 10.3. The highest BCUT2D eigenvalue weighted by atomic mass is 32.2. The Morgan fingerprint density at radius 3 is 2.35 bits per heavy atom. The van der Waals surface area contributed by atoms with E-state index in [1.54, 1.807) is 14.2 Å². The van der Waals surface area contributed by atoms with Crippen molar-refractivity contribution in [1.82, 2.24) is 15.3 Å². The molecule has 1 heterocycles. The molecule has 0 bridgehead atoms. The Morgan fingerprint density at radius 2 is 1.88 bits per heavy atom. The standard InChI is InChI=1S/C11H19N3O2S/c1-8(17-4)5-12-6-9-10(15-2)13-7-14-11(9)16-3/h7-8,12H,5-6H2,1-4H3. The molecule has 1 rings (SSSR count). The van der Waals surface area contributed by atoms with Crippen molar-refractivity contribution in [2.45, 2.75) is 18.7 Å². The molecule has 0 radical (unpaired) electrons. The zero-order chi connectivity index (χ0) is 12.7. The molecule has 0 aliphatic carbocycles. The maximum absolute atomic E-state index is 5.20. The van der Waals surface area contributed by atoms with Crippen molar-refractivity contribution in [2.75, 3.05) is 27.0 Å². The van der Waals surface area contributed by atoms with Crippen LogP contribution in [0.25, 0.3) is 0 Å². The summed E-state index contributed by atoms with van der Waals surface area (Å²) in [7, 11) is 3.19. The minimum Gasteiger partial charge on any atom is -0.481 e. The van der Waals surface area contributed by atoms with Gasteiger partial charge in [-0.15, -0.1) is 0 Å². The number of hydrogen-bond acceptors (Lipinski definition) is 6. The summed E-state index contributed by atoms with van der Waals surface area (Å²) in [5.74, 6) is 1.11. The van der Waals surface area contributed by atoms with Crippen molar-refractivity contribution < 1.29 is 9.47 Å². The molecule has 1 aromatic heterocycles. The lowest BCUT2D eigenvalue weighted by Crippen LogP contribution is -2.23. The van der Waals surface area contributed by atoms with E-state index in [1.807, 2.05) is 11.8 Å². The molecule has 0 saturated carbocycles. The lowest BCUT2D eigenvalue weighted by molar-refractivity contribution is 0.359. The molecule has 6 heteroatoms. The molecule has 1 N–H and O–H groups in total. The average molecular weight is 257 g/mol. The van der Waals surface area contributed by atoms with Crippen molar-refractivity contribution in [2.24, 2.45) is 0 Å². The van der Waals surface area contributed by atoms with Gasteiger partial charge in [0.05, 0.1) is 19.8 Å². The Bertz CT molecular complexity index is 327. The molecule has 17 heavy (non-hydrogen) atoms. The van der Waals surface area contributed by atoms with Crippen molar-refractivity contribution in [3.05, 3.63) is 11.9 Å². The number of methoxy groups -OCH3 is 2. The summed E-state index contributed by atoms with van der Waals surface area (Å²) in [5, 5.41) is 3.91. The highest BCUT2D eigenvalue weighted by Gasteiger charge is 2.12. The SMILES string of the molecule is COc1ncnc(OC)c1CNCC(C)SC. The zero-order valence-corrected chi connectivity index (χ0v) is 11.5. The van der Waals surface area contributed by atoms with E-state index in [-0.39, 0.29) is 0 Å². The fraction of sp³-hybridized carbons (Fsp3) is 0.636. The molecule has 0 spiro atoms. The molecule has 0 aliphatic rings. The van der Waals surface area contributed by atoms with Gasteiger partial charge in [0.15, 0.2) is 0 Å². The molecule has 0 amide bonds. The van der Waals surface area contributed by atoms with Crippen LogP contribution < -0.4 is 14.8 Å². The predicted molar refractivity (Wildman–Crippen MR) is 69.8 cm³/mol. The van der Waals surface area contributed by atoms with Crippen LogP contribution in [-0.2, 0) is 6.54 Å². The molecule has 0 aliphatic heterocycles. The first kappa shape index (κ1) is 14.1. The van der Waals surface area contributed by atoms with Gasteiger partial charge in [-0.3, -0.25) is 0 Å². The number of nitrogens with one attached hydrogen (secondary N) is 1. The first-order valence-corrected chi connectivity index (χ1v) is 6.67. The van der Waals surface area contributed by atoms with E-state index in [0.29, 0.717) is 23.6 Å². The summed E-state index contributed by atoms with van der Waals surface area (Å²) in [6.07, 6.45) is 3.53. The molecule has 0 aromatic carbocycles. The van der Waals surface area contributed by atoms with E-state index < -0.39 is 0 Å². The first-order valence-electron chi connectivity index (χ1n) is 5.38. The fourth-order valence-electron chi connectivity index (χ4n) is 1.37. The maximum Gasteiger partial charge on any atom is 0.224 e. The van der Waals surface area contributed by atoms with Crippen LogP contribution in [0.1, 0.15) is 12.5 Å². The molecule has 1 aromatic rings. The third-order valence-corrected chi connectivity index (χ3v) is 3.36. The van der Waals surface area contributed by atoms with Gasteiger partial charge in [-0.1, -0.05) is 6.92 Å². The average Bonchev–Trinajstić information content (AvgIpc) is 2.38. The molecule has 1 atom stereocenters. The first-order chi connectivity index (χ1) is 8.22. The van der Waals surface area contributed by atoms with Crippen molar-refractivity contribution in [1.29, 1.82) is 0 Å². The van der Waals surface area contributed by atoms with Crippen LogP contribution >= 0.6 is 11.8 Å². The molecule has 1 unspecified atom stereocenters. The second-order valence-corrected chi connectivity index (χ2v) is 4.82. The number of aromatic nitrogens is 2. The van der Waals surface area contributed by atoms with Gasteiger partial charge in [-0.05, 0) is 6.26 Å². The second-order valence-electron chi connectivity index (χ2n) is 3.55. The molecular weight excluding hydrogens is 238 g/mol. The van der Waals surface area contributed by atoms with Crippen LogP contribution in [0.4, 0.5) is 0 Å². The Morgan fingerprint density at radius 1 is 1.29 bits per heavy atom. The van der Waals surface area contributed by atoms with Gasteiger partial charge in [0.2, 0.25) is 11.8 Å². The van der Waals surface area contributed by atoms with E-state index >= 15 is 0 Å². The summed E-state index contributed by atoms with van der Waals surface area (Å²) in [5.41, 5.74) is 0.853. The highest BCUT2D eigenvalue weighted by Crippen LogP contribution is 2.22. The third-order valence-electron chi connectivity index (χ3n) is 2.39. The van der Waals surface area contributed by atoms with Gasteiger partial charge in [-0.2, -0.15) is 11.8 Å². The van der Waals surface area contributed by atoms with Crippen molar-refractivity contribution in [3.63, 3.8) is 0 Å². The van der Waals surface area contributed by atoms with Crippen LogP contribution in [0, 0.1) is 0 Å². The van der Waals surface area contributed by atoms with Crippen molar-refractivity contribution in [3.8, 4) is 11.8 Å². The number of rotatable bonds is 7. The molecule has 96 valence electrons. The number of nitrogens with zero attached hydrogens (tertiary/aromatic N) is 2. The number of hydrogen-bond donors (Lipinski definition) is 1. The summed E-state index contributed by atoms with van der Waals surface area (Å²) >= 11 is 1.82. The highest BCUT2D eigenvalue weighted by molar-refractivity contribution is 7.99. The largest absolute Gasteiger partial charge is 0.481 e. The van der Waals surface area contributed by atoms with E-state index in [2.05, 4.69) is 28.5 Å². The quantitative estimate of drug-likeness (QED) is 0.795. The smallest absolute Gasteiger partial charge is 0.224 e. The molecular formula is C11H19N3O2S. The molecule has 0 fully saturated rings. The summed E-state index contributed by atoms with van der Waals surface area (Å²) in [6.45, 7) is 3.73. The second kappa shape index (κ2) is 7.34. The van der Waals surface area contributed by atoms with E-state index in [4.69, 9.17) is 9.47 Å². The van der Waals surface area contributed by atoms with Crippen LogP contribution in [0.15, 0.2) is 6.33 Å². The minimum absolute atomic E-state index is 0.557. The minimum atomic E-state index is 0.557. The summed E-state index contributed by atoms with van der Waals surface area (Å²) in [4.78, 5) is 8.13. The third kappa shape index (κ3) is 4.05. The maximum atomic E-state index is 5.20. The van der Waals surface area contributed by atoms with Crippen molar-refractivity contribution >= 4 is 11.8 Å². The predicted octanol–water partition coefficient (Wildman–Crippen LogP) is 1.33. The topological polar surface area (TPSA) is 56.3 Å². The van der Waals surface area contributed by atoms with Crippen LogP contribution in [-0.4, -0.2) is 42.2 Å². The number of ether oxygens (including phenoxy) is 2. The van der Waals surface area contributed by atoms with Crippen LogP contribution in [0.5, 0.6) is 11.8 Å². The van der Waals surface area contributed by atoms with E-state index in [9.17, 15) is 0 Å². The molecule has 5 nitrogen and oxygen atoms in total. The Hall–Kier alpha value is -1.01. The van der Waals surface area contributed by atoms with Gasteiger partial charge in [0.25, 0.3) is 0 Å². The molecule has 0 saturated heterocycles. The van der Waals surface area contributed by atoms with Gasteiger partial charge in [0.1, 0.15) is 6.33 Å². The van der Waals surface area contributed by atoms with E-state index in [0.717, 1.165) is 12.1 Å². The van der Waals surface area contributed by atoms with Crippen LogP contribution in [0.3, 0.4) is 0 Å². The number of thioether (sulfide) groups is 1. The van der Waals surface area contributed by atoms with Gasteiger partial charge in [0, 0.05) is 18.3 Å². The van der Waals surface area contributed by atoms with Gasteiger partial charge < -0.3 is 14.8 Å². The zero-order valence-electron chi connectivity index (χ0n) is 10.7. The lowest BCUT2D eigenvalue weighted by Gasteiger charge is -2.13. The Balaban J connectivity index is 2.67. The summed E-state index contributed by atoms with van der Waals surface area (Å²) in [6, 6.07) is 0. The van der Waals surface area contributed by atoms with Crippen LogP contribution in [0.2, 0.25) is 0 Å². The summed E-state index contributed by atoms with van der Waals surface area (Å²) < 4.78 is 10.4.